The van der Waals surface area contributed by atoms with Crippen LogP contribution in [0.2, 0.25) is 0 Å². The summed E-state index contributed by atoms with van der Waals surface area (Å²) in [7, 11) is 0. The van der Waals surface area contributed by atoms with Crippen molar-refractivity contribution in [3.63, 3.8) is 0 Å². The lowest BCUT2D eigenvalue weighted by Gasteiger charge is -2.38. The van der Waals surface area contributed by atoms with Crippen molar-refractivity contribution in [2.45, 2.75) is 51.7 Å². The van der Waals surface area contributed by atoms with E-state index in [0.717, 1.165) is 24.2 Å². The zero-order valence-corrected chi connectivity index (χ0v) is 12.9. The second-order valence-corrected chi connectivity index (χ2v) is 6.61. The molecule has 1 saturated heterocycles. The van der Waals surface area contributed by atoms with E-state index in [0.29, 0.717) is 5.75 Å². The predicted molar refractivity (Wildman–Crippen MR) is 80.7 cm³/mol. The summed E-state index contributed by atoms with van der Waals surface area (Å²) in [6.45, 7) is 8.17. The van der Waals surface area contributed by atoms with E-state index in [9.17, 15) is 10.1 Å². The summed E-state index contributed by atoms with van der Waals surface area (Å²) >= 11 is 0. The summed E-state index contributed by atoms with van der Waals surface area (Å²) in [5, 5.41) is 11.3. The molecule has 1 aromatic carbocycles. The lowest BCUT2D eigenvalue weighted by molar-refractivity contribution is -0.386. The first kappa shape index (κ1) is 14.3. The molecule has 0 radical (unpaired) electrons. The van der Waals surface area contributed by atoms with E-state index in [1.807, 2.05) is 26.8 Å². The Balaban J connectivity index is 2.11. The molecule has 0 aromatic heterocycles. The lowest BCUT2D eigenvalue weighted by atomic mass is 9.88. The number of piperidine rings is 1. The normalized spacial score (nSPS) is 24.4. The summed E-state index contributed by atoms with van der Waals surface area (Å²) in [4.78, 5) is 13.4. The van der Waals surface area contributed by atoms with Crippen molar-refractivity contribution in [2.75, 3.05) is 13.1 Å². The number of ether oxygens (including phenoxy) is 1. The van der Waals surface area contributed by atoms with Crippen molar-refractivity contribution >= 4 is 5.69 Å². The number of likely N-dealkylation sites (tertiary alicyclic amines) is 1. The van der Waals surface area contributed by atoms with Crippen LogP contribution in [-0.2, 0) is 0 Å². The molecule has 5 heteroatoms. The van der Waals surface area contributed by atoms with E-state index in [2.05, 4.69) is 4.90 Å². The highest BCUT2D eigenvalue weighted by Crippen LogP contribution is 2.52. The second-order valence-electron chi connectivity index (χ2n) is 6.61. The average Bonchev–Trinajstić information content (AvgIpc) is 2.71. The summed E-state index contributed by atoms with van der Waals surface area (Å²) < 4.78 is 6.05. The summed E-state index contributed by atoms with van der Waals surface area (Å²) in [6.07, 6.45) is 3.65. The van der Waals surface area contributed by atoms with Crippen LogP contribution < -0.4 is 4.74 Å². The second kappa shape index (κ2) is 4.98. The molecule has 2 aliphatic rings. The molecule has 0 spiro atoms. The molecular weight excluding hydrogens is 268 g/mol. The first-order valence-corrected chi connectivity index (χ1v) is 7.63. The summed E-state index contributed by atoms with van der Waals surface area (Å²) in [6, 6.07) is 3.51. The van der Waals surface area contributed by atoms with Gasteiger partial charge in [-0.05, 0) is 52.3 Å². The van der Waals surface area contributed by atoms with Gasteiger partial charge in [-0.15, -0.1) is 0 Å². The maximum Gasteiger partial charge on any atom is 0.311 e. The maximum atomic E-state index is 11.3. The summed E-state index contributed by atoms with van der Waals surface area (Å²) in [5.74, 6) is 0.473. The van der Waals surface area contributed by atoms with Crippen LogP contribution in [0.1, 0.15) is 50.3 Å². The highest BCUT2D eigenvalue weighted by Gasteiger charge is 2.48. The Hall–Kier alpha value is -1.62. The number of nitro groups is 1. The van der Waals surface area contributed by atoms with Gasteiger partial charge in [0.1, 0.15) is 5.60 Å². The Kier molecular flexibility index (Phi) is 3.40. The minimum absolute atomic E-state index is 0.0863. The highest BCUT2D eigenvalue weighted by molar-refractivity contribution is 5.59. The van der Waals surface area contributed by atoms with Crippen LogP contribution in [0.3, 0.4) is 0 Å². The third-order valence-electron chi connectivity index (χ3n) is 4.64. The molecule has 3 rings (SSSR count). The third kappa shape index (κ3) is 2.29. The Morgan fingerprint density at radius 1 is 1.29 bits per heavy atom. The summed E-state index contributed by atoms with van der Waals surface area (Å²) in [5.41, 5.74) is 1.74. The van der Waals surface area contributed by atoms with Gasteiger partial charge in [0.2, 0.25) is 5.75 Å². The Morgan fingerprint density at radius 2 is 1.95 bits per heavy atom. The molecule has 0 aliphatic carbocycles. The molecule has 114 valence electrons. The molecule has 0 saturated carbocycles. The fourth-order valence-corrected chi connectivity index (χ4v) is 3.74. The third-order valence-corrected chi connectivity index (χ3v) is 4.64. The van der Waals surface area contributed by atoms with E-state index in [1.54, 1.807) is 6.07 Å². The van der Waals surface area contributed by atoms with Gasteiger partial charge < -0.3 is 4.74 Å². The van der Waals surface area contributed by atoms with Gasteiger partial charge in [0.25, 0.3) is 0 Å². The topological polar surface area (TPSA) is 55.6 Å². The van der Waals surface area contributed by atoms with Crippen LogP contribution in [0.15, 0.2) is 12.1 Å². The number of benzene rings is 1. The monoisotopic (exact) mass is 290 g/mol. The Morgan fingerprint density at radius 3 is 2.57 bits per heavy atom. The van der Waals surface area contributed by atoms with E-state index in [4.69, 9.17) is 4.74 Å². The molecule has 2 heterocycles. The molecule has 21 heavy (non-hydrogen) atoms. The van der Waals surface area contributed by atoms with Gasteiger partial charge in [-0.25, -0.2) is 0 Å². The molecule has 1 aromatic rings. The highest BCUT2D eigenvalue weighted by atomic mass is 16.6. The minimum Gasteiger partial charge on any atom is -0.479 e. The molecular formula is C16H22N2O3. The SMILES string of the molecule is Cc1ccc([N+](=O)[O-])c2c1[C@H](N1CCCCC1)C(C)(C)O2. The first-order chi connectivity index (χ1) is 9.92. The molecule has 2 aliphatic heterocycles. The van der Waals surface area contributed by atoms with Crippen LogP contribution in [0.4, 0.5) is 5.69 Å². The van der Waals surface area contributed by atoms with Crippen LogP contribution in [0.5, 0.6) is 5.75 Å². The van der Waals surface area contributed by atoms with Crippen LogP contribution in [-0.4, -0.2) is 28.5 Å². The minimum atomic E-state index is -0.434. The van der Waals surface area contributed by atoms with Crippen molar-refractivity contribution < 1.29 is 9.66 Å². The number of fused-ring (bicyclic) bond motifs is 1. The van der Waals surface area contributed by atoms with Gasteiger partial charge in [0, 0.05) is 11.6 Å². The molecule has 0 bridgehead atoms. The predicted octanol–water partition coefficient (Wildman–Crippen LogP) is 3.60. The standard InChI is InChI=1S/C16H22N2O3/c1-11-7-8-12(18(19)20)14-13(11)15(16(2,3)21-14)17-9-5-4-6-10-17/h7-8,15H,4-6,9-10H2,1-3H3/t15-/m0/s1. The quantitative estimate of drug-likeness (QED) is 0.617. The van der Waals surface area contributed by atoms with E-state index >= 15 is 0 Å². The molecule has 1 fully saturated rings. The Bertz CT molecular complexity index is 577. The van der Waals surface area contributed by atoms with E-state index in [-0.39, 0.29) is 16.7 Å². The van der Waals surface area contributed by atoms with Crippen LogP contribution >= 0.6 is 0 Å². The molecule has 0 N–H and O–H groups in total. The van der Waals surface area contributed by atoms with Crippen molar-refractivity contribution in [3.05, 3.63) is 33.4 Å². The number of hydrogen-bond donors (Lipinski definition) is 0. The fraction of sp³-hybridized carbons (Fsp3) is 0.625. The molecule has 0 amide bonds. The number of aryl methyl sites for hydroxylation is 1. The maximum absolute atomic E-state index is 11.3. The van der Waals surface area contributed by atoms with Gasteiger partial charge in [-0.2, -0.15) is 0 Å². The lowest BCUT2D eigenvalue weighted by Crippen LogP contribution is -2.44. The van der Waals surface area contributed by atoms with Gasteiger partial charge in [-0.1, -0.05) is 12.5 Å². The van der Waals surface area contributed by atoms with Crippen molar-refractivity contribution in [3.8, 4) is 5.75 Å². The number of rotatable bonds is 2. The van der Waals surface area contributed by atoms with Crippen molar-refractivity contribution in [1.82, 2.24) is 4.90 Å². The largest absolute Gasteiger partial charge is 0.479 e. The smallest absolute Gasteiger partial charge is 0.311 e. The van der Waals surface area contributed by atoms with Crippen molar-refractivity contribution in [1.29, 1.82) is 0 Å². The van der Waals surface area contributed by atoms with Gasteiger partial charge in [0.05, 0.1) is 11.0 Å². The Labute approximate surface area is 125 Å². The van der Waals surface area contributed by atoms with E-state index in [1.165, 1.54) is 19.3 Å². The number of nitrogens with zero attached hydrogens (tertiary/aromatic N) is 2. The zero-order valence-electron chi connectivity index (χ0n) is 12.9. The molecule has 5 nitrogen and oxygen atoms in total. The van der Waals surface area contributed by atoms with Crippen molar-refractivity contribution in [2.24, 2.45) is 0 Å². The fourth-order valence-electron chi connectivity index (χ4n) is 3.74. The first-order valence-electron chi connectivity index (χ1n) is 7.63. The zero-order chi connectivity index (χ0) is 15.2. The number of nitro benzene ring substituents is 1. The average molecular weight is 290 g/mol. The van der Waals surface area contributed by atoms with Gasteiger partial charge >= 0.3 is 5.69 Å². The molecule has 1 atom stereocenters. The van der Waals surface area contributed by atoms with E-state index < -0.39 is 5.60 Å². The van der Waals surface area contributed by atoms with Gasteiger partial charge in [0.15, 0.2) is 0 Å². The van der Waals surface area contributed by atoms with Gasteiger partial charge in [-0.3, -0.25) is 15.0 Å². The van der Waals surface area contributed by atoms with Crippen LogP contribution in [0.25, 0.3) is 0 Å². The number of hydrogen-bond acceptors (Lipinski definition) is 4. The van der Waals surface area contributed by atoms with Crippen LogP contribution in [0, 0.1) is 17.0 Å². The molecule has 0 unspecified atom stereocenters.